The minimum atomic E-state index is -2.23. The topological polar surface area (TPSA) is 48.0 Å². The smallest absolute Gasteiger partial charge is 0.415 e. The van der Waals surface area contributed by atoms with Crippen molar-refractivity contribution in [3.05, 3.63) is 120 Å². The fourth-order valence-corrected chi connectivity index (χ4v) is 4.76. The van der Waals surface area contributed by atoms with Crippen LogP contribution in [0, 0.1) is 0 Å². The van der Waals surface area contributed by atoms with Gasteiger partial charge in [0, 0.05) is 0 Å². The summed E-state index contributed by atoms with van der Waals surface area (Å²) in [6, 6.07) is 29.1. The molecule has 2 atom stereocenters. The Labute approximate surface area is 215 Å². The zero-order valence-corrected chi connectivity index (χ0v) is 22.7. The molecule has 0 fully saturated rings. The van der Waals surface area contributed by atoms with Gasteiger partial charge in [-0.2, -0.15) is 0 Å². The third kappa shape index (κ3) is 5.82. The summed E-state index contributed by atoms with van der Waals surface area (Å²) < 4.78 is 18.9. The van der Waals surface area contributed by atoms with Crippen LogP contribution < -0.4 is 0 Å². The Bertz CT molecular complexity index is 1170. The number of carbonyl (C=O) groups excluding carboxylic acids is 1. The third-order valence-corrected chi connectivity index (χ3v) is 11.2. The Kier molecular flexibility index (Phi) is 7.55. The summed E-state index contributed by atoms with van der Waals surface area (Å²) in [5.41, 5.74) is 2.83. The second-order valence-electron chi connectivity index (χ2n) is 10.6. The molecule has 0 spiro atoms. The number of rotatable bonds is 6. The van der Waals surface area contributed by atoms with Gasteiger partial charge in [0.05, 0.1) is 6.20 Å². The van der Waals surface area contributed by atoms with Crippen LogP contribution in [0.2, 0.25) is 18.1 Å². The molecule has 6 heteroatoms. The van der Waals surface area contributed by atoms with Gasteiger partial charge in [-0.25, -0.2) is 4.79 Å². The highest BCUT2D eigenvalue weighted by Gasteiger charge is 2.44. The van der Waals surface area contributed by atoms with Crippen LogP contribution in [0.5, 0.6) is 0 Å². The molecule has 0 saturated heterocycles. The van der Waals surface area contributed by atoms with Crippen LogP contribution in [0.1, 0.15) is 49.6 Å². The highest BCUT2D eigenvalue weighted by atomic mass is 28.4. The number of nitrogens with zero attached hydrogens (tertiary/aromatic N) is 1. The number of amides is 1. The lowest BCUT2D eigenvalue weighted by Gasteiger charge is -2.43. The predicted molar refractivity (Wildman–Crippen MR) is 144 cm³/mol. The fraction of sp³-hybridized carbons (Fsp3) is 0.300. The molecule has 3 aromatic carbocycles. The normalized spacial score (nSPS) is 18.1. The minimum absolute atomic E-state index is 0.0334. The van der Waals surface area contributed by atoms with E-state index >= 15 is 0 Å². The Hall–Kier alpha value is -3.51. The Morgan fingerprint density at radius 3 is 1.94 bits per heavy atom. The molecule has 1 amide bonds. The van der Waals surface area contributed by atoms with E-state index in [2.05, 4.69) is 33.9 Å². The van der Waals surface area contributed by atoms with Gasteiger partial charge in [0.2, 0.25) is 0 Å². The van der Waals surface area contributed by atoms with Gasteiger partial charge in [-0.1, -0.05) is 112 Å². The summed E-state index contributed by atoms with van der Waals surface area (Å²) in [5.74, 6) is 0.347. The molecule has 0 aromatic heterocycles. The van der Waals surface area contributed by atoms with Crippen molar-refractivity contribution in [1.29, 1.82) is 0 Å². The lowest BCUT2D eigenvalue weighted by atomic mass is 9.94. The summed E-state index contributed by atoms with van der Waals surface area (Å²) in [5, 5.41) is -0.0334. The SMILES string of the molecule is CC(C)(C)[Si](C)(C)OC1=CN(C(=O)OCc2ccccc2)[C@H](c2ccccc2)[C@H](c2ccccc2)O1. The molecule has 1 aliphatic rings. The molecular weight excluding hydrogens is 466 g/mol. The van der Waals surface area contributed by atoms with E-state index in [1.54, 1.807) is 11.1 Å². The number of ether oxygens (including phenoxy) is 2. The van der Waals surface area contributed by atoms with Crippen LogP contribution in [-0.2, 0) is 20.5 Å². The van der Waals surface area contributed by atoms with Crippen LogP contribution in [-0.4, -0.2) is 19.3 Å². The standard InChI is InChI=1S/C30H35NO4Si/c1-30(2,3)36(4,5)35-26-21-31(29(32)33-22-23-15-9-6-10-16-23)27(24-17-11-7-12-18-24)28(34-26)25-19-13-8-14-20-25/h6-21,27-28H,22H2,1-5H3/t27-,28+/m1/s1. The molecule has 3 aromatic rings. The average molecular weight is 502 g/mol. The Balaban J connectivity index is 1.74. The van der Waals surface area contributed by atoms with E-state index in [9.17, 15) is 4.79 Å². The molecule has 0 saturated carbocycles. The third-order valence-electron chi connectivity index (χ3n) is 6.92. The van der Waals surface area contributed by atoms with E-state index in [1.165, 1.54) is 0 Å². The van der Waals surface area contributed by atoms with Crippen LogP contribution in [0.15, 0.2) is 103 Å². The molecule has 4 rings (SSSR count). The second-order valence-corrected chi connectivity index (χ2v) is 15.3. The van der Waals surface area contributed by atoms with E-state index in [0.717, 1.165) is 16.7 Å². The molecule has 1 heterocycles. The fourth-order valence-electron chi connectivity index (χ4n) is 3.85. The molecular formula is C30H35NO4Si. The number of benzene rings is 3. The minimum Gasteiger partial charge on any atom is -0.518 e. The molecule has 0 aliphatic carbocycles. The van der Waals surface area contributed by atoms with Crippen LogP contribution >= 0.6 is 0 Å². The molecule has 0 bridgehead atoms. The van der Waals surface area contributed by atoms with Crippen LogP contribution in [0.3, 0.4) is 0 Å². The van der Waals surface area contributed by atoms with Crippen molar-refractivity contribution in [2.45, 2.75) is 57.7 Å². The summed E-state index contributed by atoms with van der Waals surface area (Å²) in [7, 11) is -2.23. The van der Waals surface area contributed by atoms with Crippen molar-refractivity contribution >= 4 is 14.4 Å². The highest BCUT2D eigenvalue weighted by Crippen LogP contribution is 2.45. The lowest BCUT2D eigenvalue weighted by Crippen LogP contribution is -2.44. The maximum absolute atomic E-state index is 13.6. The number of hydrogen-bond donors (Lipinski definition) is 0. The van der Waals surface area contributed by atoms with Crippen molar-refractivity contribution in [3.63, 3.8) is 0 Å². The molecule has 0 radical (unpaired) electrons. The number of carbonyl (C=O) groups is 1. The van der Waals surface area contributed by atoms with Gasteiger partial charge in [-0.3, -0.25) is 4.90 Å². The zero-order valence-electron chi connectivity index (χ0n) is 21.7. The zero-order chi connectivity index (χ0) is 25.8. The van der Waals surface area contributed by atoms with Gasteiger partial charge >= 0.3 is 6.09 Å². The van der Waals surface area contributed by atoms with Gasteiger partial charge < -0.3 is 13.9 Å². The number of hydrogen-bond acceptors (Lipinski definition) is 4. The monoisotopic (exact) mass is 501 g/mol. The summed E-state index contributed by atoms with van der Waals surface area (Å²) >= 11 is 0. The van der Waals surface area contributed by atoms with Crippen LogP contribution in [0.4, 0.5) is 4.79 Å². The van der Waals surface area contributed by atoms with Gasteiger partial charge in [0.25, 0.3) is 14.3 Å². The first-order chi connectivity index (χ1) is 17.2. The van der Waals surface area contributed by atoms with E-state index in [1.807, 2.05) is 91.0 Å². The molecule has 1 aliphatic heterocycles. The van der Waals surface area contributed by atoms with E-state index in [-0.39, 0.29) is 11.6 Å². The van der Waals surface area contributed by atoms with Crippen molar-refractivity contribution in [2.24, 2.45) is 0 Å². The van der Waals surface area contributed by atoms with E-state index in [0.29, 0.717) is 5.95 Å². The molecule has 0 N–H and O–H groups in total. The lowest BCUT2D eigenvalue weighted by molar-refractivity contribution is -0.0416. The molecule has 0 unspecified atom stereocenters. The summed E-state index contributed by atoms with van der Waals surface area (Å²) in [6.07, 6.45) is 0.751. The van der Waals surface area contributed by atoms with Crippen molar-refractivity contribution in [2.75, 3.05) is 0 Å². The highest BCUT2D eigenvalue weighted by molar-refractivity contribution is 6.74. The molecule has 188 valence electrons. The molecule has 5 nitrogen and oxygen atoms in total. The maximum Gasteiger partial charge on any atom is 0.415 e. The largest absolute Gasteiger partial charge is 0.518 e. The maximum atomic E-state index is 13.6. The second kappa shape index (κ2) is 10.6. The van der Waals surface area contributed by atoms with Gasteiger partial charge in [-0.15, -0.1) is 0 Å². The van der Waals surface area contributed by atoms with Gasteiger partial charge in [-0.05, 0) is 34.8 Å². The quantitative estimate of drug-likeness (QED) is 0.322. The molecule has 36 heavy (non-hydrogen) atoms. The van der Waals surface area contributed by atoms with Crippen LogP contribution in [0.25, 0.3) is 0 Å². The summed E-state index contributed by atoms with van der Waals surface area (Å²) in [4.78, 5) is 15.2. The van der Waals surface area contributed by atoms with Gasteiger partial charge in [0.1, 0.15) is 12.6 Å². The average Bonchev–Trinajstić information content (AvgIpc) is 2.87. The van der Waals surface area contributed by atoms with Gasteiger partial charge in [0.15, 0.2) is 6.10 Å². The van der Waals surface area contributed by atoms with E-state index < -0.39 is 26.6 Å². The Morgan fingerprint density at radius 1 is 0.861 bits per heavy atom. The Morgan fingerprint density at radius 2 is 1.39 bits per heavy atom. The van der Waals surface area contributed by atoms with E-state index in [4.69, 9.17) is 13.9 Å². The van der Waals surface area contributed by atoms with Crippen molar-refractivity contribution in [3.8, 4) is 0 Å². The summed E-state index contributed by atoms with van der Waals surface area (Å²) in [6.45, 7) is 11.0. The predicted octanol–water partition coefficient (Wildman–Crippen LogP) is 7.96. The first-order valence-corrected chi connectivity index (χ1v) is 15.2. The first-order valence-electron chi connectivity index (χ1n) is 12.3. The van der Waals surface area contributed by atoms with Crippen molar-refractivity contribution in [1.82, 2.24) is 4.90 Å². The van der Waals surface area contributed by atoms with Crippen molar-refractivity contribution < 1.29 is 18.7 Å². The first kappa shape index (κ1) is 25.6.